The second kappa shape index (κ2) is 4.94. The molecule has 0 aliphatic carbocycles. The first kappa shape index (κ1) is 12.6. The van der Waals surface area contributed by atoms with Crippen LogP contribution in [0.1, 0.15) is 19.8 Å². The molecular weight excluding hydrogens is 268 g/mol. The normalized spacial score (nSPS) is 26.2. The minimum absolute atomic E-state index is 0.0205. The molecule has 1 amide bonds. The van der Waals surface area contributed by atoms with Crippen LogP contribution in [0.4, 0.5) is 11.5 Å². The van der Waals surface area contributed by atoms with Gasteiger partial charge in [-0.1, -0.05) is 6.92 Å². The molecule has 19 heavy (non-hydrogen) atoms. The maximum atomic E-state index is 12.2. The Morgan fingerprint density at radius 3 is 3.16 bits per heavy atom. The highest BCUT2D eigenvalue weighted by atomic mass is 35.5. The molecule has 1 aromatic rings. The van der Waals surface area contributed by atoms with Crippen LogP contribution in [-0.4, -0.2) is 41.2 Å². The van der Waals surface area contributed by atoms with Gasteiger partial charge in [-0.25, -0.2) is 4.98 Å². The Labute approximate surface area is 116 Å². The molecule has 2 aliphatic rings. The molecule has 102 valence electrons. The van der Waals surface area contributed by atoms with Gasteiger partial charge in [-0.15, -0.1) is 0 Å². The average molecular weight is 283 g/mol. The number of ether oxygens (including phenoxy) is 1. The van der Waals surface area contributed by atoms with Crippen LogP contribution >= 0.6 is 11.6 Å². The van der Waals surface area contributed by atoms with Crippen molar-refractivity contribution in [3.63, 3.8) is 0 Å². The summed E-state index contributed by atoms with van der Waals surface area (Å²) in [5.41, 5.74) is 0.617. The topological polar surface area (TPSA) is 67.4 Å². The van der Waals surface area contributed by atoms with E-state index in [0.29, 0.717) is 31.1 Å². The Kier molecular flexibility index (Phi) is 3.28. The average Bonchev–Trinajstić information content (AvgIpc) is 2.91. The van der Waals surface area contributed by atoms with E-state index in [9.17, 15) is 4.79 Å². The van der Waals surface area contributed by atoms with Crippen LogP contribution in [0.3, 0.4) is 0 Å². The predicted octanol–water partition coefficient (Wildman–Crippen LogP) is 1.46. The lowest BCUT2D eigenvalue weighted by Gasteiger charge is -2.39. The molecule has 1 fully saturated rings. The van der Waals surface area contributed by atoms with E-state index >= 15 is 0 Å². The van der Waals surface area contributed by atoms with Crippen LogP contribution in [0.25, 0.3) is 0 Å². The van der Waals surface area contributed by atoms with Crippen LogP contribution in [-0.2, 0) is 9.53 Å². The van der Waals surface area contributed by atoms with Gasteiger partial charge in [0, 0.05) is 6.61 Å². The van der Waals surface area contributed by atoms with Crippen molar-refractivity contribution in [2.75, 3.05) is 23.4 Å². The summed E-state index contributed by atoms with van der Waals surface area (Å²) >= 11 is 5.88. The lowest BCUT2D eigenvalue weighted by Crippen LogP contribution is -2.53. The standard InChI is InChI=1S/C12H15ClN4O2/c1-2-9-11(18)15-8-5-14-12(13)16-10(8)17(9)7-3-4-19-6-7/h5,7,9H,2-4,6H2,1H3,(H,15,18)/t7-,9-/m1/s1. The van der Waals surface area contributed by atoms with Crippen molar-refractivity contribution in [1.82, 2.24) is 9.97 Å². The molecule has 0 spiro atoms. The van der Waals surface area contributed by atoms with E-state index in [1.54, 1.807) is 6.20 Å². The highest BCUT2D eigenvalue weighted by Gasteiger charge is 2.38. The van der Waals surface area contributed by atoms with Gasteiger partial charge in [0.2, 0.25) is 11.2 Å². The molecule has 3 heterocycles. The molecule has 1 saturated heterocycles. The molecule has 0 aromatic carbocycles. The maximum Gasteiger partial charge on any atom is 0.247 e. The number of nitrogens with one attached hydrogen (secondary N) is 1. The summed E-state index contributed by atoms with van der Waals surface area (Å²) in [5.74, 6) is 0.676. The van der Waals surface area contributed by atoms with E-state index < -0.39 is 0 Å². The second-order valence-electron chi connectivity index (χ2n) is 4.71. The molecular formula is C12H15ClN4O2. The Hall–Kier alpha value is -1.40. The third-order valence-corrected chi connectivity index (χ3v) is 3.75. The number of nitrogens with zero attached hydrogens (tertiary/aromatic N) is 3. The van der Waals surface area contributed by atoms with E-state index in [1.165, 1.54) is 0 Å². The van der Waals surface area contributed by atoms with Crippen molar-refractivity contribution >= 4 is 29.0 Å². The number of aromatic nitrogens is 2. The minimum Gasteiger partial charge on any atom is -0.379 e. The lowest BCUT2D eigenvalue weighted by atomic mass is 10.0. The monoisotopic (exact) mass is 282 g/mol. The summed E-state index contributed by atoms with van der Waals surface area (Å²) in [6, 6.07) is -0.0640. The molecule has 1 aromatic heterocycles. The number of anilines is 2. The molecule has 3 rings (SSSR count). The number of halogens is 1. The molecule has 0 radical (unpaired) electrons. The zero-order valence-electron chi connectivity index (χ0n) is 10.6. The van der Waals surface area contributed by atoms with E-state index in [2.05, 4.69) is 15.3 Å². The summed E-state index contributed by atoms with van der Waals surface area (Å²) in [7, 11) is 0. The third kappa shape index (κ3) is 2.15. The first-order chi connectivity index (χ1) is 9.20. The van der Waals surface area contributed by atoms with E-state index in [-0.39, 0.29) is 23.3 Å². The van der Waals surface area contributed by atoms with Crippen LogP contribution in [0.5, 0.6) is 0 Å². The van der Waals surface area contributed by atoms with Gasteiger partial charge in [-0.2, -0.15) is 4.98 Å². The summed E-state index contributed by atoms with van der Waals surface area (Å²) in [4.78, 5) is 22.4. The number of carbonyl (C=O) groups is 1. The molecule has 6 nitrogen and oxygen atoms in total. The fraction of sp³-hybridized carbons (Fsp3) is 0.583. The number of hydrogen-bond donors (Lipinski definition) is 1. The molecule has 0 unspecified atom stereocenters. The van der Waals surface area contributed by atoms with Gasteiger partial charge in [0.25, 0.3) is 0 Å². The van der Waals surface area contributed by atoms with Crippen molar-refractivity contribution < 1.29 is 9.53 Å². The Bertz CT molecular complexity index is 505. The summed E-state index contributed by atoms with van der Waals surface area (Å²) < 4.78 is 5.43. The van der Waals surface area contributed by atoms with Gasteiger partial charge in [-0.05, 0) is 24.4 Å². The number of amides is 1. The van der Waals surface area contributed by atoms with Crippen molar-refractivity contribution in [1.29, 1.82) is 0 Å². The first-order valence-corrected chi connectivity index (χ1v) is 6.78. The van der Waals surface area contributed by atoms with E-state index in [1.807, 2.05) is 11.8 Å². The highest BCUT2D eigenvalue weighted by Crippen LogP contribution is 2.34. The Morgan fingerprint density at radius 2 is 2.47 bits per heavy atom. The molecule has 1 N–H and O–H groups in total. The SMILES string of the molecule is CC[C@@H]1C(=O)Nc2cnc(Cl)nc2N1[C@@H]1CCOC1. The van der Waals surface area contributed by atoms with Crippen LogP contribution in [0, 0.1) is 0 Å². The van der Waals surface area contributed by atoms with E-state index in [0.717, 1.165) is 6.42 Å². The van der Waals surface area contributed by atoms with Crippen molar-refractivity contribution in [3.05, 3.63) is 11.5 Å². The number of hydrogen-bond acceptors (Lipinski definition) is 5. The van der Waals surface area contributed by atoms with Gasteiger partial charge in [0.1, 0.15) is 11.7 Å². The molecule has 7 heteroatoms. The second-order valence-corrected chi connectivity index (χ2v) is 5.05. The Balaban J connectivity index is 2.05. The number of carbonyl (C=O) groups excluding carboxylic acids is 1. The molecule has 0 bridgehead atoms. The quantitative estimate of drug-likeness (QED) is 0.832. The Morgan fingerprint density at radius 1 is 1.63 bits per heavy atom. The predicted molar refractivity (Wildman–Crippen MR) is 71.5 cm³/mol. The van der Waals surface area contributed by atoms with Crippen molar-refractivity contribution in [2.45, 2.75) is 31.8 Å². The molecule has 2 aliphatic heterocycles. The molecule has 2 atom stereocenters. The van der Waals surface area contributed by atoms with Crippen LogP contribution in [0.15, 0.2) is 6.20 Å². The first-order valence-electron chi connectivity index (χ1n) is 6.40. The van der Waals surface area contributed by atoms with Gasteiger partial charge in [0.15, 0.2) is 5.82 Å². The fourth-order valence-electron chi connectivity index (χ4n) is 2.68. The lowest BCUT2D eigenvalue weighted by molar-refractivity contribution is -0.117. The van der Waals surface area contributed by atoms with E-state index in [4.69, 9.17) is 16.3 Å². The van der Waals surface area contributed by atoms with Crippen molar-refractivity contribution in [3.8, 4) is 0 Å². The summed E-state index contributed by atoms with van der Waals surface area (Å²) in [5, 5.41) is 3.03. The van der Waals surface area contributed by atoms with Gasteiger partial charge in [-0.3, -0.25) is 4.79 Å². The van der Waals surface area contributed by atoms with Crippen molar-refractivity contribution in [2.24, 2.45) is 0 Å². The highest BCUT2D eigenvalue weighted by molar-refractivity contribution is 6.28. The minimum atomic E-state index is -0.231. The summed E-state index contributed by atoms with van der Waals surface area (Å²) in [6.07, 6.45) is 3.16. The maximum absolute atomic E-state index is 12.2. The van der Waals surface area contributed by atoms with Gasteiger partial charge >= 0.3 is 0 Å². The van der Waals surface area contributed by atoms with Crippen LogP contribution < -0.4 is 10.2 Å². The zero-order chi connectivity index (χ0) is 13.4. The number of rotatable bonds is 2. The van der Waals surface area contributed by atoms with Crippen LogP contribution in [0.2, 0.25) is 5.28 Å². The molecule has 0 saturated carbocycles. The largest absolute Gasteiger partial charge is 0.379 e. The summed E-state index contributed by atoms with van der Waals surface area (Å²) in [6.45, 7) is 3.32. The third-order valence-electron chi connectivity index (χ3n) is 3.57. The number of fused-ring (bicyclic) bond motifs is 1. The van der Waals surface area contributed by atoms with Gasteiger partial charge in [0.05, 0.1) is 18.8 Å². The zero-order valence-corrected chi connectivity index (χ0v) is 11.4. The smallest absolute Gasteiger partial charge is 0.247 e. The fourth-order valence-corrected chi connectivity index (χ4v) is 2.81. The van der Waals surface area contributed by atoms with Gasteiger partial charge < -0.3 is 15.0 Å².